The third kappa shape index (κ3) is 1.18. The lowest BCUT2D eigenvalue weighted by Gasteiger charge is -2.17. The molecule has 0 aliphatic carbocycles. The second kappa shape index (κ2) is 3.15. The van der Waals surface area contributed by atoms with Gasteiger partial charge in [0, 0.05) is 18.8 Å². The van der Waals surface area contributed by atoms with Gasteiger partial charge in [-0.25, -0.2) is 0 Å². The number of nitrogens with zero attached hydrogens (tertiary/aromatic N) is 1. The fourth-order valence-electron chi connectivity index (χ4n) is 1.69. The molecular formula is C10H12NO. The zero-order chi connectivity index (χ0) is 8.39. The molecule has 0 saturated carbocycles. The minimum Gasteiger partial charge on any atom is -0.395 e. The Morgan fingerprint density at radius 3 is 3.33 bits per heavy atom. The van der Waals surface area contributed by atoms with Gasteiger partial charge in [0.2, 0.25) is 0 Å². The normalized spacial score (nSPS) is 14.9. The van der Waals surface area contributed by atoms with Crippen molar-refractivity contribution >= 4 is 5.69 Å². The van der Waals surface area contributed by atoms with Gasteiger partial charge < -0.3 is 10.0 Å². The fourth-order valence-corrected chi connectivity index (χ4v) is 1.69. The van der Waals surface area contributed by atoms with E-state index in [1.165, 1.54) is 11.3 Å². The van der Waals surface area contributed by atoms with Crippen molar-refractivity contribution in [2.24, 2.45) is 0 Å². The lowest BCUT2D eigenvalue weighted by Crippen LogP contribution is -2.23. The first kappa shape index (κ1) is 7.62. The molecule has 1 aliphatic heterocycles. The number of rotatable bonds is 2. The minimum atomic E-state index is 0.230. The van der Waals surface area contributed by atoms with E-state index in [-0.39, 0.29) is 6.61 Å². The quantitative estimate of drug-likeness (QED) is 0.696. The van der Waals surface area contributed by atoms with Gasteiger partial charge in [-0.15, -0.1) is 0 Å². The summed E-state index contributed by atoms with van der Waals surface area (Å²) >= 11 is 0. The summed E-state index contributed by atoms with van der Waals surface area (Å²) < 4.78 is 0. The third-order valence-electron chi connectivity index (χ3n) is 2.29. The number of benzene rings is 1. The highest BCUT2D eigenvalue weighted by molar-refractivity contribution is 5.57. The summed E-state index contributed by atoms with van der Waals surface area (Å²) in [7, 11) is 0. The van der Waals surface area contributed by atoms with Crippen LogP contribution in [0.4, 0.5) is 5.69 Å². The van der Waals surface area contributed by atoms with E-state index in [1.807, 2.05) is 12.1 Å². The molecule has 2 nitrogen and oxygen atoms in total. The van der Waals surface area contributed by atoms with Crippen molar-refractivity contribution < 1.29 is 5.11 Å². The monoisotopic (exact) mass is 162 g/mol. The molecule has 1 N–H and O–H groups in total. The van der Waals surface area contributed by atoms with E-state index in [4.69, 9.17) is 5.11 Å². The summed E-state index contributed by atoms with van der Waals surface area (Å²) in [4.78, 5) is 2.20. The molecule has 12 heavy (non-hydrogen) atoms. The summed E-state index contributed by atoms with van der Waals surface area (Å²) in [5, 5.41) is 8.80. The number of β-amino-alcohol motifs (C(OH)–C–C–N with tert-alkyl or cyclic N) is 1. The second-order valence-corrected chi connectivity index (χ2v) is 3.02. The standard InChI is InChI=1S/C10H12NO/c12-8-7-11-6-5-9-3-1-2-4-10(9)11/h1,3-4,12H,5-8H2. The Labute approximate surface area is 72.4 Å². The summed E-state index contributed by atoms with van der Waals surface area (Å²) in [6, 6.07) is 9.11. The van der Waals surface area contributed by atoms with Crippen molar-refractivity contribution in [3.63, 3.8) is 0 Å². The molecule has 0 spiro atoms. The van der Waals surface area contributed by atoms with E-state index in [0.717, 1.165) is 19.5 Å². The number of fused-ring (bicyclic) bond motifs is 1. The number of hydrogen-bond donors (Lipinski definition) is 1. The molecule has 1 radical (unpaired) electrons. The number of anilines is 1. The molecule has 1 aliphatic rings. The van der Waals surface area contributed by atoms with Gasteiger partial charge in [-0.1, -0.05) is 12.1 Å². The average molecular weight is 162 g/mol. The maximum absolute atomic E-state index is 8.80. The molecule has 0 aromatic heterocycles. The van der Waals surface area contributed by atoms with Gasteiger partial charge in [0.25, 0.3) is 0 Å². The summed E-state index contributed by atoms with van der Waals surface area (Å²) in [5.74, 6) is 0. The molecule has 0 saturated heterocycles. The fraction of sp³-hybridized carbons (Fsp3) is 0.400. The van der Waals surface area contributed by atoms with Crippen molar-refractivity contribution in [1.29, 1.82) is 0 Å². The molecule has 0 atom stereocenters. The van der Waals surface area contributed by atoms with Crippen LogP contribution in [0, 0.1) is 6.07 Å². The Bertz CT molecular complexity index is 270. The molecule has 63 valence electrons. The topological polar surface area (TPSA) is 23.5 Å². The van der Waals surface area contributed by atoms with Gasteiger partial charge >= 0.3 is 0 Å². The highest BCUT2D eigenvalue weighted by atomic mass is 16.3. The van der Waals surface area contributed by atoms with Gasteiger partial charge in [0.05, 0.1) is 6.61 Å². The van der Waals surface area contributed by atoms with Gasteiger partial charge in [-0.05, 0) is 24.1 Å². The Hall–Kier alpha value is -1.02. The Kier molecular flexibility index (Phi) is 2.00. The van der Waals surface area contributed by atoms with Crippen LogP contribution in [0.15, 0.2) is 18.2 Å². The van der Waals surface area contributed by atoms with Crippen LogP contribution in [-0.4, -0.2) is 24.8 Å². The van der Waals surface area contributed by atoms with Crippen molar-refractivity contribution in [3.8, 4) is 0 Å². The Morgan fingerprint density at radius 1 is 1.58 bits per heavy atom. The van der Waals surface area contributed by atoms with Crippen LogP contribution < -0.4 is 4.90 Å². The van der Waals surface area contributed by atoms with Gasteiger partial charge in [-0.3, -0.25) is 0 Å². The van der Waals surface area contributed by atoms with E-state index >= 15 is 0 Å². The molecule has 0 unspecified atom stereocenters. The summed E-state index contributed by atoms with van der Waals surface area (Å²) in [5.41, 5.74) is 2.62. The highest BCUT2D eigenvalue weighted by Gasteiger charge is 2.16. The van der Waals surface area contributed by atoms with Crippen LogP contribution in [-0.2, 0) is 6.42 Å². The van der Waals surface area contributed by atoms with Gasteiger partial charge in [-0.2, -0.15) is 0 Å². The van der Waals surface area contributed by atoms with E-state index < -0.39 is 0 Å². The zero-order valence-electron chi connectivity index (χ0n) is 6.95. The van der Waals surface area contributed by atoms with E-state index in [9.17, 15) is 0 Å². The molecule has 0 bridgehead atoms. The van der Waals surface area contributed by atoms with Crippen LogP contribution in [0.2, 0.25) is 0 Å². The maximum atomic E-state index is 8.80. The molecule has 1 aromatic rings. The largest absolute Gasteiger partial charge is 0.395 e. The van der Waals surface area contributed by atoms with Crippen molar-refractivity contribution in [2.75, 3.05) is 24.6 Å². The number of aliphatic hydroxyl groups is 1. The van der Waals surface area contributed by atoms with Gasteiger partial charge in [0.1, 0.15) is 0 Å². The Balaban J connectivity index is 2.24. The Morgan fingerprint density at radius 2 is 2.50 bits per heavy atom. The summed E-state index contributed by atoms with van der Waals surface area (Å²) in [6.07, 6.45) is 1.10. The highest BCUT2D eigenvalue weighted by Crippen LogP contribution is 2.26. The van der Waals surface area contributed by atoms with Crippen LogP contribution in [0.25, 0.3) is 0 Å². The first-order valence-corrected chi connectivity index (χ1v) is 4.26. The predicted molar refractivity (Wildman–Crippen MR) is 48.3 cm³/mol. The molecule has 2 heteroatoms. The first-order chi connectivity index (χ1) is 5.92. The van der Waals surface area contributed by atoms with Gasteiger partial charge in [0.15, 0.2) is 0 Å². The molecule has 2 rings (SSSR count). The number of aliphatic hydroxyl groups excluding tert-OH is 1. The van der Waals surface area contributed by atoms with Crippen LogP contribution >= 0.6 is 0 Å². The van der Waals surface area contributed by atoms with Crippen molar-refractivity contribution in [3.05, 3.63) is 29.8 Å². The van der Waals surface area contributed by atoms with E-state index in [2.05, 4.69) is 17.0 Å². The lowest BCUT2D eigenvalue weighted by molar-refractivity contribution is 0.303. The SMILES string of the molecule is OCCN1CCc2cc[c]cc21. The summed E-state index contributed by atoms with van der Waals surface area (Å²) in [6.45, 7) is 2.01. The van der Waals surface area contributed by atoms with Crippen molar-refractivity contribution in [2.45, 2.75) is 6.42 Å². The molecule has 0 fully saturated rings. The smallest absolute Gasteiger partial charge is 0.0606 e. The maximum Gasteiger partial charge on any atom is 0.0606 e. The van der Waals surface area contributed by atoms with Crippen LogP contribution in [0.1, 0.15) is 5.56 Å². The van der Waals surface area contributed by atoms with Crippen LogP contribution in [0.3, 0.4) is 0 Å². The molecular weight excluding hydrogens is 150 g/mol. The number of hydrogen-bond acceptors (Lipinski definition) is 2. The molecule has 1 aromatic carbocycles. The first-order valence-electron chi connectivity index (χ1n) is 4.26. The van der Waals surface area contributed by atoms with E-state index in [0.29, 0.717) is 0 Å². The lowest BCUT2D eigenvalue weighted by atomic mass is 10.2. The predicted octanol–water partition coefficient (Wildman–Crippen LogP) is 0.842. The van der Waals surface area contributed by atoms with E-state index in [1.54, 1.807) is 0 Å². The average Bonchev–Trinajstić information content (AvgIpc) is 2.50. The second-order valence-electron chi connectivity index (χ2n) is 3.02. The molecule has 0 amide bonds. The minimum absolute atomic E-state index is 0.230. The zero-order valence-corrected chi connectivity index (χ0v) is 6.95. The molecule has 1 heterocycles. The van der Waals surface area contributed by atoms with Crippen LogP contribution in [0.5, 0.6) is 0 Å². The third-order valence-corrected chi connectivity index (χ3v) is 2.29. The van der Waals surface area contributed by atoms with Crippen molar-refractivity contribution in [1.82, 2.24) is 0 Å².